The summed E-state index contributed by atoms with van der Waals surface area (Å²) in [5.74, 6) is 0.419. The number of benzene rings is 2. The van der Waals surface area contributed by atoms with Gasteiger partial charge in [-0.1, -0.05) is 30.0 Å². The molecule has 2 aromatic carbocycles. The van der Waals surface area contributed by atoms with Crippen LogP contribution in [0.4, 0.5) is 17.1 Å². The van der Waals surface area contributed by atoms with E-state index in [1.165, 1.54) is 24.0 Å². The van der Waals surface area contributed by atoms with Crippen LogP contribution in [-0.2, 0) is 0 Å². The average molecular weight is 463 g/mol. The molecule has 11 heteroatoms. The molecule has 0 saturated carbocycles. The highest BCUT2D eigenvalue weighted by atomic mass is 79.9. The lowest BCUT2D eigenvalue weighted by Gasteiger charge is -2.01. The fourth-order valence-electron chi connectivity index (χ4n) is 2.14. The molecule has 9 nitrogen and oxygen atoms in total. The summed E-state index contributed by atoms with van der Waals surface area (Å²) in [6, 6.07) is 14.6. The molecule has 0 radical (unpaired) electrons. The molecular formula is C17H11BrN4O5S. The van der Waals surface area contributed by atoms with Crippen molar-refractivity contribution in [2.75, 3.05) is 5.43 Å². The zero-order chi connectivity index (χ0) is 20.1. The first-order valence-corrected chi connectivity index (χ1v) is 9.29. The quantitative estimate of drug-likeness (QED) is 0.280. The predicted molar refractivity (Wildman–Crippen MR) is 108 cm³/mol. The molecule has 0 atom stereocenters. The molecule has 0 bridgehead atoms. The van der Waals surface area contributed by atoms with Crippen LogP contribution in [0.15, 0.2) is 78.6 Å². The predicted octanol–water partition coefficient (Wildman–Crippen LogP) is 5.46. The molecule has 0 spiro atoms. The number of nitro groups is 2. The van der Waals surface area contributed by atoms with E-state index in [1.54, 1.807) is 6.07 Å². The fourth-order valence-corrected chi connectivity index (χ4v) is 3.49. The summed E-state index contributed by atoms with van der Waals surface area (Å²) in [5.41, 5.74) is 1.71. The second-order valence-electron chi connectivity index (χ2n) is 5.28. The van der Waals surface area contributed by atoms with Gasteiger partial charge in [-0.2, -0.15) is 5.10 Å². The molecule has 1 N–H and O–H groups in total. The van der Waals surface area contributed by atoms with Crippen molar-refractivity contribution in [1.29, 1.82) is 0 Å². The minimum atomic E-state index is -0.719. The number of hydrogen-bond acceptors (Lipinski definition) is 8. The van der Waals surface area contributed by atoms with Crippen LogP contribution < -0.4 is 5.43 Å². The molecule has 0 aliphatic carbocycles. The molecule has 0 aliphatic heterocycles. The van der Waals surface area contributed by atoms with Gasteiger partial charge in [0, 0.05) is 17.0 Å². The molecule has 0 unspecified atom stereocenters. The topological polar surface area (TPSA) is 124 Å². The van der Waals surface area contributed by atoms with E-state index < -0.39 is 15.5 Å². The van der Waals surface area contributed by atoms with Gasteiger partial charge in [-0.3, -0.25) is 25.7 Å². The van der Waals surface area contributed by atoms with Crippen LogP contribution in [0.2, 0.25) is 0 Å². The van der Waals surface area contributed by atoms with Gasteiger partial charge in [-0.25, -0.2) is 0 Å². The third-order valence-corrected chi connectivity index (χ3v) is 5.24. The van der Waals surface area contributed by atoms with Gasteiger partial charge < -0.3 is 4.42 Å². The molecule has 1 heterocycles. The van der Waals surface area contributed by atoms with E-state index >= 15 is 0 Å². The van der Waals surface area contributed by atoms with E-state index in [4.69, 9.17) is 4.42 Å². The molecule has 28 heavy (non-hydrogen) atoms. The van der Waals surface area contributed by atoms with Crippen molar-refractivity contribution in [3.05, 3.63) is 85.1 Å². The summed E-state index contributed by atoms with van der Waals surface area (Å²) in [6.07, 6.45) is 1.35. The van der Waals surface area contributed by atoms with Crippen LogP contribution in [0.25, 0.3) is 0 Å². The van der Waals surface area contributed by atoms with E-state index in [1.807, 2.05) is 30.3 Å². The maximum atomic E-state index is 11.1. The third kappa shape index (κ3) is 4.75. The van der Waals surface area contributed by atoms with Gasteiger partial charge in [0.2, 0.25) is 0 Å². The molecule has 3 rings (SSSR count). The Labute approximate surface area is 170 Å². The summed E-state index contributed by atoms with van der Waals surface area (Å²) in [5, 5.41) is 26.4. The maximum Gasteiger partial charge on any atom is 0.301 e. The molecule has 142 valence electrons. The van der Waals surface area contributed by atoms with Gasteiger partial charge in [-0.05, 0) is 34.1 Å². The maximum absolute atomic E-state index is 11.1. The van der Waals surface area contributed by atoms with Crippen LogP contribution in [0, 0.1) is 20.2 Å². The van der Waals surface area contributed by atoms with Crippen molar-refractivity contribution < 1.29 is 14.3 Å². The summed E-state index contributed by atoms with van der Waals surface area (Å²) >= 11 is 4.84. The van der Waals surface area contributed by atoms with E-state index in [0.717, 1.165) is 21.5 Å². The number of non-ortho nitro benzene ring substituents is 1. The second-order valence-corrected chi connectivity index (χ2v) is 7.19. The Hall–Kier alpha value is -3.18. The number of nitrogens with one attached hydrogen (secondary N) is 1. The van der Waals surface area contributed by atoms with Crippen molar-refractivity contribution >= 4 is 51.0 Å². The first-order chi connectivity index (χ1) is 13.4. The van der Waals surface area contributed by atoms with Crippen molar-refractivity contribution in [2.24, 2.45) is 5.10 Å². The Balaban J connectivity index is 1.74. The van der Waals surface area contributed by atoms with Crippen LogP contribution in [0.5, 0.6) is 0 Å². The largest absolute Gasteiger partial charge is 0.447 e. The van der Waals surface area contributed by atoms with Crippen LogP contribution >= 0.6 is 27.7 Å². The normalized spacial score (nSPS) is 10.9. The SMILES string of the molecule is O=[N+]([O-])c1ccc(N/N=C/c2cc(Br)c(Sc3ccccc3)o2)c([N+](=O)[O-])c1. The highest BCUT2D eigenvalue weighted by Gasteiger charge is 2.19. The molecule has 0 amide bonds. The average Bonchev–Trinajstić information content (AvgIpc) is 3.01. The number of furan rings is 1. The number of hydrazone groups is 1. The van der Waals surface area contributed by atoms with Gasteiger partial charge in [0.05, 0.1) is 26.6 Å². The van der Waals surface area contributed by atoms with Crippen LogP contribution in [-0.4, -0.2) is 16.1 Å². The summed E-state index contributed by atoms with van der Waals surface area (Å²) < 4.78 is 6.43. The van der Waals surface area contributed by atoms with E-state index in [0.29, 0.717) is 10.9 Å². The van der Waals surface area contributed by atoms with Crippen molar-refractivity contribution in [1.82, 2.24) is 0 Å². The lowest BCUT2D eigenvalue weighted by molar-refractivity contribution is -0.393. The minimum absolute atomic E-state index is 0.0244. The smallest absolute Gasteiger partial charge is 0.301 e. The lowest BCUT2D eigenvalue weighted by Crippen LogP contribution is -1.98. The number of rotatable bonds is 7. The number of anilines is 1. The Morgan fingerprint density at radius 3 is 2.50 bits per heavy atom. The standard InChI is InChI=1S/C17H11BrN4O5S/c18-14-9-12(27-17(14)28-13-4-2-1-3-5-13)10-19-20-15-7-6-11(21(23)24)8-16(15)22(25)26/h1-10,20H/b19-10+. The molecular weight excluding hydrogens is 452 g/mol. The Bertz CT molecular complexity index is 1050. The zero-order valence-electron chi connectivity index (χ0n) is 13.9. The van der Waals surface area contributed by atoms with Crippen molar-refractivity contribution in [3.8, 4) is 0 Å². The summed E-state index contributed by atoms with van der Waals surface area (Å²) in [7, 11) is 0. The van der Waals surface area contributed by atoms with E-state index in [-0.39, 0.29) is 11.4 Å². The fraction of sp³-hybridized carbons (Fsp3) is 0. The van der Waals surface area contributed by atoms with Crippen LogP contribution in [0.3, 0.4) is 0 Å². The molecule has 0 aliphatic rings. The molecule has 0 fully saturated rings. The van der Waals surface area contributed by atoms with E-state index in [2.05, 4.69) is 26.5 Å². The van der Waals surface area contributed by atoms with Gasteiger partial charge in [-0.15, -0.1) is 0 Å². The number of hydrogen-bond donors (Lipinski definition) is 1. The second kappa shape index (κ2) is 8.67. The lowest BCUT2D eigenvalue weighted by atomic mass is 10.2. The number of halogens is 1. The minimum Gasteiger partial charge on any atom is -0.447 e. The first kappa shape index (κ1) is 19.6. The Morgan fingerprint density at radius 2 is 1.82 bits per heavy atom. The van der Waals surface area contributed by atoms with Gasteiger partial charge in [0.1, 0.15) is 11.4 Å². The monoisotopic (exact) mass is 462 g/mol. The third-order valence-electron chi connectivity index (χ3n) is 3.39. The van der Waals surface area contributed by atoms with Crippen LogP contribution in [0.1, 0.15) is 5.76 Å². The summed E-state index contributed by atoms with van der Waals surface area (Å²) in [6.45, 7) is 0. The number of nitro benzene ring substituents is 2. The van der Waals surface area contributed by atoms with Gasteiger partial charge >= 0.3 is 5.69 Å². The highest BCUT2D eigenvalue weighted by molar-refractivity contribution is 9.10. The van der Waals surface area contributed by atoms with Crippen molar-refractivity contribution in [2.45, 2.75) is 9.99 Å². The highest BCUT2D eigenvalue weighted by Crippen LogP contribution is 2.35. The van der Waals surface area contributed by atoms with E-state index in [9.17, 15) is 20.2 Å². The van der Waals surface area contributed by atoms with Gasteiger partial charge in [0.15, 0.2) is 5.09 Å². The van der Waals surface area contributed by atoms with Gasteiger partial charge in [0.25, 0.3) is 5.69 Å². The molecule has 3 aromatic rings. The number of nitrogens with zero attached hydrogens (tertiary/aromatic N) is 3. The molecule has 0 saturated heterocycles. The first-order valence-electron chi connectivity index (χ1n) is 7.68. The Morgan fingerprint density at radius 1 is 1.07 bits per heavy atom. The molecule has 1 aromatic heterocycles. The zero-order valence-corrected chi connectivity index (χ0v) is 16.3. The summed E-state index contributed by atoms with van der Waals surface area (Å²) in [4.78, 5) is 21.5. The Kier molecular flexibility index (Phi) is 6.06. The van der Waals surface area contributed by atoms with Crippen molar-refractivity contribution in [3.63, 3.8) is 0 Å².